The van der Waals surface area contributed by atoms with Gasteiger partial charge in [0.1, 0.15) is 5.75 Å². The average Bonchev–Trinajstić information content (AvgIpc) is 2.39. The molecule has 0 amide bonds. The molecule has 2 rings (SSSR count). The molecule has 0 aliphatic rings. The topological polar surface area (TPSA) is 57.5 Å². The summed E-state index contributed by atoms with van der Waals surface area (Å²) in [5, 5.41) is 18.8. The van der Waals surface area contributed by atoms with E-state index in [4.69, 9.17) is 5.11 Å². The number of phenols is 1. The number of aliphatic carboxylic acids is 1. The van der Waals surface area contributed by atoms with Crippen LogP contribution in [0.3, 0.4) is 0 Å². The first-order chi connectivity index (χ1) is 10.3. The summed E-state index contributed by atoms with van der Waals surface area (Å²) >= 11 is 8.78. The van der Waals surface area contributed by atoms with Gasteiger partial charge in [0.15, 0.2) is 0 Å². The van der Waals surface area contributed by atoms with Crippen LogP contribution in [0.4, 0.5) is 0 Å². The van der Waals surface area contributed by atoms with Crippen molar-refractivity contribution in [2.75, 3.05) is 0 Å². The Kier molecular flexibility index (Phi) is 7.02. The van der Waals surface area contributed by atoms with E-state index in [1.54, 1.807) is 0 Å². The van der Waals surface area contributed by atoms with E-state index >= 15 is 0 Å². The second-order valence-corrected chi connectivity index (χ2v) is 9.34. The molecule has 0 heterocycles. The number of hydrogen-bond acceptors (Lipinski definition) is 2. The van der Waals surface area contributed by atoms with Gasteiger partial charge in [-0.3, -0.25) is 4.79 Å². The predicted octanol–water partition coefficient (Wildman–Crippen LogP) is 5.03. The number of rotatable bonds is 4. The Balaban J connectivity index is 2.36. The monoisotopic (exact) mass is 746 g/mol. The van der Waals surface area contributed by atoms with Gasteiger partial charge in [0.05, 0.1) is 13.6 Å². The number of halogens is 4. The lowest BCUT2D eigenvalue weighted by atomic mass is 10.0. The fourth-order valence-electron chi connectivity index (χ4n) is 2.03. The lowest BCUT2D eigenvalue weighted by molar-refractivity contribution is -0.136. The summed E-state index contributed by atoms with van der Waals surface area (Å²) in [5.74, 6) is -0.492. The molecule has 0 fully saturated rings. The van der Waals surface area contributed by atoms with Gasteiger partial charge in [0, 0.05) is 7.14 Å². The van der Waals surface area contributed by atoms with E-state index in [9.17, 15) is 9.90 Å². The van der Waals surface area contributed by atoms with E-state index in [2.05, 4.69) is 90.4 Å². The van der Waals surface area contributed by atoms with Gasteiger partial charge in [0.2, 0.25) is 0 Å². The minimum atomic E-state index is -0.818. The fourth-order valence-corrected chi connectivity index (χ4v) is 6.20. The van der Waals surface area contributed by atoms with Crippen molar-refractivity contribution in [1.82, 2.24) is 0 Å². The number of aromatic hydroxyl groups is 1. The Labute approximate surface area is 182 Å². The lowest BCUT2D eigenvalue weighted by Gasteiger charge is -2.12. The van der Waals surface area contributed by atoms with E-state index in [0.29, 0.717) is 5.75 Å². The van der Waals surface area contributed by atoms with Crippen molar-refractivity contribution in [2.24, 2.45) is 0 Å². The molecular formula is C15H10I4O3. The highest BCUT2D eigenvalue weighted by atomic mass is 127. The molecule has 0 atom stereocenters. The largest absolute Gasteiger partial charge is 0.506 e. The van der Waals surface area contributed by atoms with Crippen molar-refractivity contribution >= 4 is 96.3 Å². The maximum atomic E-state index is 10.8. The van der Waals surface area contributed by atoms with Gasteiger partial charge in [-0.2, -0.15) is 0 Å². The van der Waals surface area contributed by atoms with Crippen molar-refractivity contribution in [1.29, 1.82) is 0 Å². The lowest BCUT2D eigenvalue weighted by Crippen LogP contribution is -2.04. The molecule has 2 aromatic carbocycles. The Morgan fingerprint density at radius 2 is 1.32 bits per heavy atom. The van der Waals surface area contributed by atoms with Crippen LogP contribution in [0.15, 0.2) is 24.3 Å². The van der Waals surface area contributed by atoms with Crippen molar-refractivity contribution < 1.29 is 15.0 Å². The molecule has 22 heavy (non-hydrogen) atoms. The molecular weight excluding hydrogens is 736 g/mol. The van der Waals surface area contributed by atoms with Crippen LogP contribution in [0.1, 0.15) is 16.7 Å². The minimum absolute atomic E-state index is 0.0429. The maximum Gasteiger partial charge on any atom is 0.307 e. The van der Waals surface area contributed by atoms with Crippen molar-refractivity contribution in [3.63, 3.8) is 0 Å². The van der Waals surface area contributed by atoms with Crippen molar-refractivity contribution in [3.05, 3.63) is 55.2 Å². The summed E-state index contributed by atoms with van der Waals surface area (Å²) in [6.45, 7) is 0. The summed E-state index contributed by atoms with van der Waals surface area (Å²) in [5.41, 5.74) is 3.14. The number of carboxylic acids is 1. The van der Waals surface area contributed by atoms with Crippen LogP contribution in [0.5, 0.6) is 5.75 Å². The molecule has 0 bridgehead atoms. The molecule has 7 heteroatoms. The molecule has 2 N–H and O–H groups in total. The summed E-state index contributed by atoms with van der Waals surface area (Å²) in [6, 6.07) is 7.83. The zero-order valence-electron chi connectivity index (χ0n) is 11.0. The molecule has 116 valence electrons. The second kappa shape index (κ2) is 8.14. The third-order valence-corrected chi connectivity index (χ3v) is 6.58. The van der Waals surface area contributed by atoms with Gasteiger partial charge >= 0.3 is 5.97 Å². The first-order valence-electron chi connectivity index (χ1n) is 6.13. The van der Waals surface area contributed by atoms with Crippen LogP contribution in [0.25, 0.3) is 0 Å². The van der Waals surface area contributed by atoms with Crippen LogP contribution in [0, 0.1) is 14.3 Å². The van der Waals surface area contributed by atoms with E-state index in [1.165, 1.54) is 5.56 Å². The Morgan fingerprint density at radius 1 is 0.864 bits per heavy atom. The van der Waals surface area contributed by atoms with E-state index in [0.717, 1.165) is 31.8 Å². The predicted molar refractivity (Wildman–Crippen MR) is 120 cm³/mol. The number of hydrogen-bond donors (Lipinski definition) is 2. The normalized spacial score (nSPS) is 10.7. The highest BCUT2D eigenvalue weighted by Gasteiger charge is 2.12. The molecule has 0 saturated carbocycles. The molecule has 0 radical (unpaired) electrons. The minimum Gasteiger partial charge on any atom is -0.506 e. The molecule has 3 nitrogen and oxygen atoms in total. The third kappa shape index (κ3) is 4.82. The summed E-state index contributed by atoms with van der Waals surface area (Å²) in [7, 11) is 0. The first kappa shape index (κ1) is 19.0. The smallest absolute Gasteiger partial charge is 0.307 e. The molecule has 0 aliphatic heterocycles. The van der Waals surface area contributed by atoms with Gasteiger partial charge in [-0.05, 0) is 138 Å². The summed E-state index contributed by atoms with van der Waals surface area (Å²) < 4.78 is 3.82. The number of benzene rings is 2. The number of carbonyl (C=O) groups is 1. The van der Waals surface area contributed by atoms with E-state index in [-0.39, 0.29) is 6.42 Å². The first-order valence-corrected chi connectivity index (χ1v) is 10.4. The van der Waals surface area contributed by atoms with Gasteiger partial charge in [-0.25, -0.2) is 0 Å². The van der Waals surface area contributed by atoms with E-state index in [1.807, 2.05) is 24.3 Å². The molecule has 0 unspecified atom stereocenters. The zero-order valence-corrected chi connectivity index (χ0v) is 19.7. The Morgan fingerprint density at radius 3 is 1.77 bits per heavy atom. The van der Waals surface area contributed by atoms with Gasteiger partial charge in [0.25, 0.3) is 0 Å². The van der Waals surface area contributed by atoms with Crippen LogP contribution in [0.2, 0.25) is 0 Å². The SMILES string of the molecule is O=C(O)Cc1cc(I)c(Cc2cc(I)c(O)c(I)c2)c(I)c1. The fraction of sp³-hybridized carbons (Fsp3) is 0.133. The molecule has 2 aromatic rings. The highest BCUT2D eigenvalue weighted by molar-refractivity contribution is 14.1. The van der Waals surface area contributed by atoms with Crippen LogP contribution in [-0.2, 0) is 17.6 Å². The Hall–Kier alpha value is 0.630. The maximum absolute atomic E-state index is 10.8. The standard InChI is InChI=1S/C15H10I4O3/c16-10-2-8(6-14(20)21)3-11(17)9(10)1-7-4-12(18)15(22)13(19)5-7/h2-5,22H,1,6H2,(H,20,21). The Bertz CT molecular complexity index is 698. The highest BCUT2D eigenvalue weighted by Crippen LogP contribution is 2.30. The molecule has 0 saturated heterocycles. The van der Waals surface area contributed by atoms with E-state index < -0.39 is 5.97 Å². The van der Waals surface area contributed by atoms with Crippen LogP contribution >= 0.6 is 90.4 Å². The van der Waals surface area contributed by atoms with Crippen LogP contribution in [-0.4, -0.2) is 16.2 Å². The van der Waals surface area contributed by atoms with Gasteiger partial charge in [-0.1, -0.05) is 0 Å². The zero-order chi connectivity index (χ0) is 16.4. The van der Waals surface area contributed by atoms with Gasteiger partial charge < -0.3 is 10.2 Å². The summed E-state index contributed by atoms with van der Waals surface area (Å²) in [4.78, 5) is 10.8. The number of carboxylic acid groups (broad SMARTS) is 1. The van der Waals surface area contributed by atoms with Crippen molar-refractivity contribution in [2.45, 2.75) is 12.8 Å². The third-order valence-electron chi connectivity index (χ3n) is 3.01. The van der Waals surface area contributed by atoms with Crippen molar-refractivity contribution in [3.8, 4) is 5.75 Å². The molecule has 0 aromatic heterocycles. The molecule has 0 spiro atoms. The van der Waals surface area contributed by atoms with Gasteiger partial charge in [-0.15, -0.1) is 0 Å². The summed E-state index contributed by atoms with van der Waals surface area (Å²) in [6.07, 6.45) is 0.803. The quantitative estimate of drug-likeness (QED) is 0.433. The second-order valence-electron chi connectivity index (χ2n) is 4.69. The van der Waals surface area contributed by atoms with Crippen LogP contribution < -0.4 is 0 Å². The molecule has 0 aliphatic carbocycles. The average molecular weight is 746 g/mol. The number of phenolic OH excluding ortho intramolecular Hbond substituents is 1.